The summed E-state index contributed by atoms with van der Waals surface area (Å²) in [6.07, 6.45) is 2.80. The molecule has 2 amide bonds. The van der Waals surface area contributed by atoms with Gasteiger partial charge >= 0.3 is 15.6 Å². The predicted molar refractivity (Wildman–Crippen MR) is 172 cm³/mol. The van der Waals surface area contributed by atoms with Crippen LogP contribution in [0.1, 0.15) is 74.7 Å². The first kappa shape index (κ1) is 31.7. The van der Waals surface area contributed by atoms with E-state index < -0.39 is 21.4 Å². The van der Waals surface area contributed by atoms with E-state index in [2.05, 4.69) is 33.3 Å². The number of carbonyl (C=O) groups excluding carboxylic acids is 2. The molecular weight excluding hydrogens is 645 g/mol. The third-order valence-corrected chi connectivity index (χ3v) is 10.0. The third kappa shape index (κ3) is 5.89. The van der Waals surface area contributed by atoms with E-state index in [9.17, 15) is 31.2 Å². The fraction of sp³-hybridized carbons (Fsp3) is 0.278. The van der Waals surface area contributed by atoms with E-state index in [4.69, 9.17) is 4.74 Å². The maximum absolute atomic E-state index is 13.0. The molecule has 8 nitrogen and oxygen atoms in total. The summed E-state index contributed by atoms with van der Waals surface area (Å²) in [4.78, 5) is 28.8. The molecule has 3 aliphatic rings. The second-order valence-electron chi connectivity index (χ2n) is 12.3. The van der Waals surface area contributed by atoms with Crippen LogP contribution >= 0.6 is 0 Å². The Balaban J connectivity index is 1.14. The van der Waals surface area contributed by atoms with Crippen molar-refractivity contribution >= 4 is 27.6 Å². The van der Waals surface area contributed by atoms with Crippen LogP contribution in [0.15, 0.2) is 91.0 Å². The first-order valence-electron chi connectivity index (χ1n) is 15.6. The fourth-order valence-corrected chi connectivity index (χ4v) is 7.05. The number of fused-ring (bicyclic) bond motifs is 2. The van der Waals surface area contributed by atoms with E-state index in [0.717, 1.165) is 16.8 Å². The molecule has 1 unspecified atom stereocenters. The van der Waals surface area contributed by atoms with Crippen molar-refractivity contribution in [1.82, 2.24) is 4.90 Å². The quantitative estimate of drug-likeness (QED) is 0.107. The number of hydrogen-bond donors (Lipinski definition) is 0. The molecule has 2 aliphatic heterocycles. The highest BCUT2D eigenvalue weighted by molar-refractivity contribution is 7.88. The topological polar surface area (TPSA) is 93.2 Å². The van der Waals surface area contributed by atoms with Gasteiger partial charge in [-0.3, -0.25) is 14.5 Å². The molecule has 4 aromatic rings. The predicted octanol–water partition coefficient (Wildman–Crippen LogP) is 7.01. The highest BCUT2D eigenvalue weighted by Gasteiger charge is 2.48. The van der Waals surface area contributed by atoms with Crippen LogP contribution in [0.2, 0.25) is 0 Å². The SMILES string of the molecule is C[C@@H]1Cc2cc(OS(=O)(=O)C(F)(F)F)ccc2C(c2ccc(OCCN3C(=O)c4ccccc4C3=O)cc2)N1c1ccc(C2CC2)cc1. The molecule has 0 saturated heterocycles. The highest BCUT2D eigenvalue weighted by Crippen LogP contribution is 2.45. The second kappa shape index (κ2) is 12.0. The summed E-state index contributed by atoms with van der Waals surface area (Å²) in [7, 11) is -5.82. The van der Waals surface area contributed by atoms with Crippen LogP contribution in [-0.2, 0) is 16.5 Å². The Labute approximate surface area is 275 Å². The van der Waals surface area contributed by atoms with Gasteiger partial charge in [-0.25, -0.2) is 0 Å². The first-order chi connectivity index (χ1) is 22.9. The molecule has 0 spiro atoms. The lowest BCUT2D eigenvalue weighted by molar-refractivity contribution is -0.0500. The van der Waals surface area contributed by atoms with E-state index in [0.29, 0.717) is 34.8 Å². The molecule has 7 rings (SSSR count). The number of rotatable bonds is 9. The monoisotopic (exact) mass is 676 g/mol. The molecule has 2 heterocycles. The van der Waals surface area contributed by atoms with Gasteiger partial charge in [-0.2, -0.15) is 21.6 Å². The molecule has 1 saturated carbocycles. The zero-order valence-corrected chi connectivity index (χ0v) is 26.6. The largest absolute Gasteiger partial charge is 0.534 e. The van der Waals surface area contributed by atoms with E-state index in [1.54, 1.807) is 42.5 Å². The normalized spacial score (nSPS) is 19.2. The van der Waals surface area contributed by atoms with Gasteiger partial charge in [-0.1, -0.05) is 42.5 Å². The van der Waals surface area contributed by atoms with Crippen molar-refractivity contribution in [2.24, 2.45) is 0 Å². The number of carbonyl (C=O) groups is 2. The van der Waals surface area contributed by atoms with Crippen molar-refractivity contribution in [1.29, 1.82) is 0 Å². The van der Waals surface area contributed by atoms with E-state index in [1.165, 1.54) is 35.4 Å². The van der Waals surface area contributed by atoms with Crippen LogP contribution in [-0.4, -0.2) is 49.8 Å². The average Bonchev–Trinajstić information content (AvgIpc) is 3.88. The van der Waals surface area contributed by atoms with Gasteiger partial charge in [-0.05, 0) is 103 Å². The van der Waals surface area contributed by atoms with Crippen molar-refractivity contribution in [2.45, 2.75) is 49.7 Å². The van der Waals surface area contributed by atoms with Gasteiger partial charge in [0.15, 0.2) is 0 Å². The summed E-state index contributed by atoms with van der Waals surface area (Å²) >= 11 is 0. The Morgan fingerprint density at radius 1 is 0.812 bits per heavy atom. The van der Waals surface area contributed by atoms with Gasteiger partial charge in [0.1, 0.15) is 18.1 Å². The van der Waals surface area contributed by atoms with Gasteiger partial charge in [0.25, 0.3) is 11.8 Å². The zero-order chi connectivity index (χ0) is 33.8. The Kier molecular flexibility index (Phi) is 7.93. The average molecular weight is 677 g/mol. The zero-order valence-electron chi connectivity index (χ0n) is 25.8. The molecule has 12 heteroatoms. The van der Waals surface area contributed by atoms with Gasteiger partial charge in [0.05, 0.1) is 23.7 Å². The van der Waals surface area contributed by atoms with E-state index >= 15 is 0 Å². The minimum Gasteiger partial charge on any atom is -0.492 e. The van der Waals surface area contributed by atoms with Crippen molar-refractivity contribution in [3.05, 3.63) is 124 Å². The minimum absolute atomic E-state index is 0.0840. The minimum atomic E-state index is -5.82. The molecule has 48 heavy (non-hydrogen) atoms. The van der Waals surface area contributed by atoms with Gasteiger partial charge < -0.3 is 13.8 Å². The maximum Gasteiger partial charge on any atom is 0.534 e. The van der Waals surface area contributed by atoms with Crippen molar-refractivity contribution in [3.8, 4) is 11.5 Å². The molecule has 0 N–H and O–H groups in total. The molecule has 4 aromatic carbocycles. The number of anilines is 1. The molecule has 0 radical (unpaired) electrons. The van der Waals surface area contributed by atoms with Crippen molar-refractivity contribution in [3.63, 3.8) is 0 Å². The number of halogens is 3. The summed E-state index contributed by atoms with van der Waals surface area (Å²) in [6, 6.07) is 26.3. The molecule has 0 bridgehead atoms. The summed E-state index contributed by atoms with van der Waals surface area (Å²) in [5, 5.41) is 0. The Morgan fingerprint density at radius 2 is 1.42 bits per heavy atom. The first-order valence-corrected chi connectivity index (χ1v) is 17.0. The van der Waals surface area contributed by atoms with E-state index in [1.807, 2.05) is 19.1 Å². The molecule has 1 fully saturated rings. The summed E-state index contributed by atoms with van der Waals surface area (Å²) in [6.45, 7) is 2.19. The summed E-state index contributed by atoms with van der Waals surface area (Å²) < 4.78 is 72.9. The molecule has 1 aliphatic carbocycles. The van der Waals surface area contributed by atoms with Crippen LogP contribution in [0.3, 0.4) is 0 Å². The number of nitrogens with zero attached hydrogens (tertiary/aromatic N) is 2. The number of imide groups is 1. The van der Waals surface area contributed by atoms with Crippen molar-refractivity contribution in [2.75, 3.05) is 18.1 Å². The van der Waals surface area contributed by atoms with Crippen LogP contribution in [0.4, 0.5) is 18.9 Å². The Bertz CT molecular complexity index is 1960. The number of alkyl halides is 3. The van der Waals surface area contributed by atoms with Gasteiger partial charge in [0, 0.05) is 11.7 Å². The Hall–Kier alpha value is -4.84. The van der Waals surface area contributed by atoms with Crippen molar-refractivity contribution < 1.29 is 40.1 Å². The van der Waals surface area contributed by atoms with Gasteiger partial charge in [0.2, 0.25) is 0 Å². The lowest BCUT2D eigenvalue weighted by Gasteiger charge is -2.44. The molecule has 248 valence electrons. The van der Waals surface area contributed by atoms with Crippen LogP contribution < -0.4 is 13.8 Å². The van der Waals surface area contributed by atoms with Crippen LogP contribution in [0.5, 0.6) is 11.5 Å². The molecular formula is C36H31F3N2O6S. The number of benzene rings is 4. The number of hydrogen-bond acceptors (Lipinski definition) is 7. The van der Waals surface area contributed by atoms with Crippen LogP contribution in [0.25, 0.3) is 0 Å². The lowest BCUT2D eigenvalue weighted by Crippen LogP contribution is -2.43. The summed E-state index contributed by atoms with van der Waals surface area (Å²) in [5.41, 5.74) is -0.179. The van der Waals surface area contributed by atoms with E-state index in [-0.39, 0.29) is 37.0 Å². The summed E-state index contributed by atoms with van der Waals surface area (Å²) in [5.74, 6) is 0.0103. The smallest absolute Gasteiger partial charge is 0.492 e. The molecule has 2 atom stereocenters. The molecule has 0 aromatic heterocycles. The third-order valence-electron chi connectivity index (χ3n) is 9.06. The standard InChI is InChI=1S/C36H31F3N2O6S/c1-22-20-26-21-29(47-48(44,45)36(37,38)39)16-17-30(26)33(41(22)27-12-8-24(9-13-27)23-6-7-23)25-10-14-28(15-11-25)46-19-18-40-34(42)31-4-2-3-5-32(31)35(40)43/h2-5,8-17,21-23,33H,6-7,18-20H2,1H3/t22-,33?/m1/s1. The maximum atomic E-state index is 13.0. The number of ether oxygens (including phenoxy) is 1. The lowest BCUT2D eigenvalue weighted by atomic mass is 9.84. The second-order valence-corrected chi connectivity index (χ2v) is 13.8. The number of amides is 2. The fourth-order valence-electron chi connectivity index (χ4n) is 6.59. The van der Waals surface area contributed by atoms with Gasteiger partial charge in [-0.15, -0.1) is 0 Å². The Morgan fingerprint density at radius 3 is 2.02 bits per heavy atom. The van der Waals surface area contributed by atoms with Crippen LogP contribution in [0, 0.1) is 0 Å². The highest BCUT2D eigenvalue weighted by atomic mass is 32.2.